The first-order valence-corrected chi connectivity index (χ1v) is 12.1. The summed E-state index contributed by atoms with van der Waals surface area (Å²) in [6.07, 6.45) is -0.515. The van der Waals surface area contributed by atoms with Crippen LogP contribution < -0.4 is 21.3 Å². The fourth-order valence-corrected chi connectivity index (χ4v) is 3.29. The lowest BCUT2D eigenvalue weighted by molar-refractivity contribution is -0.00601. The zero-order valence-electron chi connectivity index (χ0n) is 22.2. The Morgan fingerprint density at radius 1 is 0.722 bits per heavy atom. The second-order valence-corrected chi connectivity index (χ2v) is 10.5. The van der Waals surface area contributed by atoms with Gasteiger partial charge in [0.1, 0.15) is 17.8 Å². The molecule has 0 fully saturated rings. The van der Waals surface area contributed by atoms with E-state index in [0.717, 1.165) is 5.69 Å². The van der Waals surface area contributed by atoms with E-state index in [1.807, 2.05) is 45.0 Å². The minimum atomic E-state index is -0.709. The molecule has 1 amide bonds. The van der Waals surface area contributed by atoms with Crippen LogP contribution in [0.3, 0.4) is 0 Å². The first-order valence-electron chi connectivity index (χ1n) is 12.1. The molecule has 2 aromatic rings. The van der Waals surface area contributed by atoms with Crippen molar-refractivity contribution in [1.29, 1.82) is 0 Å². The summed E-state index contributed by atoms with van der Waals surface area (Å²) in [4.78, 5) is 28.6. The van der Waals surface area contributed by atoms with Crippen LogP contribution in [0, 0.1) is 0 Å². The van der Waals surface area contributed by atoms with Crippen LogP contribution in [0.25, 0.3) is 0 Å². The number of anilines is 4. The van der Waals surface area contributed by atoms with Gasteiger partial charge in [0.2, 0.25) is 0 Å². The third-order valence-corrected chi connectivity index (χ3v) is 4.86. The molecule has 0 radical (unpaired) electrons. The molecule has 9 nitrogen and oxygen atoms in total. The van der Waals surface area contributed by atoms with E-state index >= 15 is 0 Å². The van der Waals surface area contributed by atoms with Gasteiger partial charge in [0.15, 0.2) is 0 Å². The number of hydrogen-bond donors (Lipinski definition) is 2. The highest BCUT2D eigenvalue weighted by atomic mass is 16.7. The fourth-order valence-electron chi connectivity index (χ4n) is 3.29. The number of rotatable bonds is 9. The Morgan fingerprint density at radius 2 is 1.22 bits per heavy atom. The molecular weight excluding hydrogens is 460 g/mol. The van der Waals surface area contributed by atoms with Gasteiger partial charge in [-0.2, -0.15) is 0 Å². The molecule has 198 valence electrons. The predicted molar refractivity (Wildman–Crippen MR) is 144 cm³/mol. The van der Waals surface area contributed by atoms with Crippen molar-refractivity contribution in [3.63, 3.8) is 0 Å². The van der Waals surface area contributed by atoms with Crippen LogP contribution in [0.5, 0.6) is 0 Å². The van der Waals surface area contributed by atoms with Gasteiger partial charge in [0.05, 0.1) is 6.54 Å². The Morgan fingerprint density at radius 3 is 1.72 bits per heavy atom. The zero-order valence-corrected chi connectivity index (χ0v) is 22.2. The molecule has 2 aromatic carbocycles. The van der Waals surface area contributed by atoms with Crippen LogP contribution in [-0.2, 0) is 14.2 Å². The van der Waals surface area contributed by atoms with E-state index in [4.69, 9.17) is 25.7 Å². The number of ether oxygens (including phenoxy) is 3. The summed E-state index contributed by atoms with van der Waals surface area (Å²) in [6.45, 7) is 12.4. The topological polar surface area (TPSA) is 120 Å². The second kappa shape index (κ2) is 12.4. The summed E-state index contributed by atoms with van der Waals surface area (Å²) in [7, 11) is 0. The maximum absolute atomic E-state index is 13.0. The van der Waals surface area contributed by atoms with E-state index in [0.29, 0.717) is 43.1 Å². The molecular formula is C27H40N4O5. The van der Waals surface area contributed by atoms with E-state index < -0.39 is 23.5 Å². The maximum Gasteiger partial charge on any atom is 0.508 e. The molecule has 0 atom stereocenters. The molecule has 0 aliphatic carbocycles. The number of carbonyl (C=O) groups excluding carboxylic acids is 2. The minimum Gasteiger partial charge on any atom is -0.443 e. The van der Waals surface area contributed by atoms with Crippen molar-refractivity contribution in [2.24, 2.45) is 0 Å². The fraction of sp³-hybridized carbons (Fsp3) is 0.481. The number of benzene rings is 2. The molecule has 0 saturated carbocycles. The predicted octanol–water partition coefficient (Wildman–Crippen LogP) is 5.44. The van der Waals surface area contributed by atoms with Crippen LogP contribution in [0.15, 0.2) is 48.5 Å². The van der Waals surface area contributed by atoms with Crippen molar-refractivity contribution >= 4 is 35.0 Å². The van der Waals surface area contributed by atoms with Crippen LogP contribution in [0.1, 0.15) is 48.0 Å². The second-order valence-electron chi connectivity index (χ2n) is 10.5. The number of nitrogens with zero attached hydrogens (tertiary/aromatic N) is 2. The van der Waals surface area contributed by atoms with Crippen LogP contribution in [-0.4, -0.2) is 49.7 Å². The van der Waals surface area contributed by atoms with E-state index in [-0.39, 0.29) is 6.61 Å². The highest BCUT2D eigenvalue weighted by Crippen LogP contribution is 2.22. The lowest BCUT2D eigenvalue weighted by Crippen LogP contribution is -2.39. The van der Waals surface area contributed by atoms with Crippen molar-refractivity contribution in [2.45, 2.75) is 59.2 Å². The minimum absolute atomic E-state index is 0.146. The number of nitrogen functional groups attached to an aromatic ring is 2. The first kappa shape index (κ1) is 28.6. The van der Waals surface area contributed by atoms with Gasteiger partial charge in [-0.3, -0.25) is 4.90 Å². The molecule has 0 unspecified atom stereocenters. The molecule has 0 aromatic heterocycles. The van der Waals surface area contributed by atoms with Crippen molar-refractivity contribution in [2.75, 3.05) is 47.5 Å². The number of hydrogen-bond acceptors (Lipinski definition) is 8. The average molecular weight is 501 g/mol. The summed E-state index contributed by atoms with van der Waals surface area (Å²) >= 11 is 0. The quantitative estimate of drug-likeness (QED) is 0.345. The lowest BCUT2D eigenvalue weighted by Gasteiger charge is -2.29. The standard InChI is InChI=1S/C27H40N4O5/c1-26(2,3)35-24(32)31(23-14-10-21(29)11-15-23)17-7-16-30(22-12-8-20(28)9-13-22)18-19-34-25(33)36-27(4,5)6/h8-15H,7,16-19,28-29H2,1-6H3. The first-order chi connectivity index (χ1) is 16.7. The molecule has 0 bridgehead atoms. The Bertz CT molecular complexity index is 979. The average Bonchev–Trinajstić information content (AvgIpc) is 2.74. The summed E-state index contributed by atoms with van der Waals surface area (Å²) < 4.78 is 16.1. The van der Waals surface area contributed by atoms with E-state index in [9.17, 15) is 9.59 Å². The molecule has 4 N–H and O–H groups in total. The van der Waals surface area contributed by atoms with E-state index in [1.165, 1.54) is 0 Å². The Kier molecular flexibility index (Phi) is 9.84. The van der Waals surface area contributed by atoms with Crippen LogP contribution >= 0.6 is 0 Å². The zero-order chi connectivity index (χ0) is 26.9. The van der Waals surface area contributed by atoms with Gasteiger partial charge < -0.3 is 30.6 Å². The van der Waals surface area contributed by atoms with Crippen LogP contribution in [0.4, 0.5) is 32.3 Å². The molecule has 0 aliphatic rings. The lowest BCUT2D eigenvalue weighted by atomic mass is 10.2. The van der Waals surface area contributed by atoms with E-state index in [1.54, 1.807) is 49.9 Å². The molecule has 0 aliphatic heterocycles. The maximum atomic E-state index is 13.0. The van der Waals surface area contributed by atoms with Gasteiger partial charge in [-0.1, -0.05) is 0 Å². The Hall–Kier alpha value is -3.62. The number of carbonyl (C=O) groups is 2. The monoisotopic (exact) mass is 500 g/mol. The van der Waals surface area contributed by atoms with Gasteiger partial charge in [0.25, 0.3) is 0 Å². The molecule has 2 rings (SSSR count). The number of amides is 1. The van der Waals surface area contributed by atoms with Crippen molar-refractivity contribution in [1.82, 2.24) is 0 Å². The highest BCUT2D eigenvalue weighted by Gasteiger charge is 2.24. The summed E-state index contributed by atoms with van der Waals surface area (Å²) in [5.41, 5.74) is 13.3. The summed E-state index contributed by atoms with van der Waals surface area (Å²) in [5.74, 6) is 0. The van der Waals surface area contributed by atoms with Gasteiger partial charge >= 0.3 is 12.2 Å². The summed E-state index contributed by atoms with van der Waals surface area (Å²) in [6, 6.07) is 14.6. The molecule has 0 spiro atoms. The Balaban J connectivity index is 2.09. The summed E-state index contributed by atoms with van der Waals surface area (Å²) in [5, 5.41) is 0. The van der Waals surface area contributed by atoms with Gasteiger partial charge in [0, 0.05) is 35.8 Å². The highest BCUT2D eigenvalue weighted by molar-refractivity contribution is 5.88. The van der Waals surface area contributed by atoms with Crippen molar-refractivity contribution < 1.29 is 23.8 Å². The number of nitrogens with two attached hydrogens (primary N) is 2. The molecule has 0 heterocycles. The molecule has 0 saturated heterocycles. The van der Waals surface area contributed by atoms with Crippen molar-refractivity contribution in [3.05, 3.63) is 48.5 Å². The van der Waals surface area contributed by atoms with Crippen LogP contribution in [0.2, 0.25) is 0 Å². The van der Waals surface area contributed by atoms with Gasteiger partial charge in [-0.25, -0.2) is 9.59 Å². The van der Waals surface area contributed by atoms with Gasteiger partial charge in [-0.15, -0.1) is 0 Å². The van der Waals surface area contributed by atoms with Crippen molar-refractivity contribution in [3.8, 4) is 0 Å². The van der Waals surface area contributed by atoms with Gasteiger partial charge in [-0.05, 0) is 96.5 Å². The molecule has 9 heteroatoms. The smallest absolute Gasteiger partial charge is 0.443 e. The van der Waals surface area contributed by atoms with E-state index in [2.05, 4.69) is 4.90 Å². The molecule has 36 heavy (non-hydrogen) atoms. The SMILES string of the molecule is CC(C)(C)OC(=O)OCCN(CCCN(C(=O)OC(C)(C)C)c1ccc(N)cc1)c1ccc(N)cc1. The largest absolute Gasteiger partial charge is 0.508 e. The third kappa shape index (κ3) is 10.3. The third-order valence-electron chi connectivity index (χ3n) is 4.86. The Labute approximate surface area is 214 Å². The normalized spacial score (nSPS) is 11.5.